The fourth-order valence-corrected chi connectivity index (χ4v) is 3.74. The fourth-order valence-electron chi connectivity index (χ4n) is 3.62. The van der Waals surface area contributed by atoms with E-state index in [1.165, 1.54) is 7.11 Å². The van der Waals surface area contributed by atoms with Gasteiger partial charge in [0.2, 0.25) is 5.91 Å². The Morgan fingerprint density at radius 2 is 1.97 bits per heavy atom. The Balaban J connectivity index is 1.45. The standard InChI is InChI=1S/C21H26ClF3N6O4/c1-34-12-15(28-16-11-27-29-20(33)19(16)21(23,24)25)13-35-9-4-18(32)31-7-5-30(6-8-31)17-3-2-14(22)10-26-17/h2-3,10-11,15H,4-9,12-13H2,1H3,(H2,28,29,33)/t15-/m0/s1. The number of alkyl halides is 3. The van der Waals surface area contributed by atoms with Gasteiger partial charge in [0.05, 0.1) is 49.2 Å². The number of hydrogen-bond donors (Lipinski definition) is 2. The topological polar surface area (TPSA) is 113 Å². The largest absolute Gasteiger partial charge is 0.423 e. The van der Waals surface area contributed by atoms with E-state index in [2.05, 4.69) is 20.3 Å². The van der Waals surface area contributed by atoms with Crippen molar-refractivity contribution in [3.05, 3.63) is 45.5 Å². The number of aromatic nitrogens is 3. The summed E-state index contributed by atoms with van der Waals surface area (Å²) in [5.74, 6) is 0.717. The summed E-state index contributed by atoms with van der Waals surface area (Å²) in [4.78, 5) is 32.2. The van der Waals surface area contributed by atoms with Crippen molar-refractivity contribution in [2.45, 2.75) is 18.6 Å². The number of ether oxygens (including phenoxy) is 2. The lowest BCUT2D eigenvalue weighted by Gasteiger charge is -2.35. The molecule has 1 amide bonds. The third-order valence-electron chi connectivity index (χ3n) is 5.31. The van der Waals surface area contributed by atoms with E-state index in [9.17, 15) is 22.8 Å². The Kier molecular flexibility index (Phi) is 9.29. The zero-order valence-electron chi connectivity index (χ0n) is 19.0. The number of aromatic amines is 1. The van der Waals surface area contributed by atoms with Gasteiger partial charge in [-0.2, -0.15) is 18.3 Å². The second-order valence-corrected chi connectivity index (χ2v) is 8.25. The number of halogens is 4. The SMILES string of the molecule is COC[C@@H](COCCC(=O)N1CCN(c2ccc(Cl)cn2)CC1)Nc1cn[nH]c(=O)c1C(F)(F)F. The predicted molar refractivity (Wildman–Crippen MR) is 123 cm³/mol. The molecule has 3 rings (SSSR count). The minimum Gasteiger partial charge on any atom is -0.382 e. The highest BCUT2D eigenvalue weighted by Crippen LogP contribution is 2.31. The van der Waals surface area contributed by atoms with Crippen molar-refractivity contribution < 1.29 is 27.4 Å². The number of pyridine rings is 1. The lowest BCUT2D eigenvalue weighted by Crippen LogP contribution is -2.49. The zero-order valence-corrected chi connectivity index (χ0v) is 19.7. The Bertz CT molecular complexity index is 1030. The molecule has 0 aliphatic carbocycles. The number of nitrogens with one attached hydrogen (secondary N) is 2. The molecule has 14 heteroatoms. The molecule has 2 aromatic rings. The molecule has 2 aromatic heterocycles. The molecule has 3 heterocycles. The average Bonchev–Trinajstić information content (AvgIpc) is 2.81. The van der Waals surface area contributed by atoms with Gasteiger partial charge in [-0.15, -0.1) is 0 Å². The summed E-state index contributed by atoms with van der Waals surface area (Å²) in [5.41, 5.74) is -3.20. The van der Waals surface area contributed by atoms with Gasteiger partial charge in [-0.3, -0.25) is 9.59 Å². The minimum atomic E-state index is -4.86. The van der Waals surface area contributed by atoms with Crippen molar-refractivity contribution in [3.8, 4) is 0 Å². The van der Waals surface area contributed by atoms with Crippen LogP contribution in [0.5, 0.6) is 0 Å². The van der Waals surface area contributed by atoms with Gasteiger partial charge in [-0.05, 0) is 12.1 Å². The lowest BCUT2D eigenvalue weighted by atomic mass is 10.2. The number of methoxy groups -OCH3 is 1. The van der Waals surface area contributed by atoms with Crippen LogP contribution in [0.4, 0.5) is 24.7 Å². The molecule has 10 nitrogen and oxygen atoms in total. The van der Waals surface area contributed by atoms with E-state index in [4.69, 9.17) is 21.1 Å². The number of piperazine rings is 1. The van der Waals surface area contributed by atoms with E-state index in [1.54, 1.807) is 22.3 Å². The molecule has 1 saturated heterocycles. The number of amides is 1. The summed E-state index contributed by atoms with van der Waals surface area (Å²) in [6.45, 7) is 2.39. The molecule has 0 radical (unpaired) electrons. The van der Waals surface area contributed by atoms with Gasteiger partial charge in [0.25, 0.3) is 5.56 Å². The zero-order chi connectivity index (χ0) is 25.4. The highest BCUT2D eigenvalue weighted by atomic mass is 35.5. The van der Waals surface area contributed by atoms with E-state index >= 15 is 0 Å². The molecule has 0 spiro atoms. The monoisotopic (exact) mass is 518 g/mol. The summed E-state index contributed by atoms with van der Waals surface area (Å²) in [5, 5.41) is 8.37. The smallest absolute Gasteiger partial charge is 0.382 e. The van der Waals surface area contributed by atoms with Crippen molar-refractivity contribution in [2.24, 2.45) is 0 Å². The van der Waals surface area contributed by atoms with Crippen LogP contribution in [0.2, 0.25) is 5.02 Å². The molecule has 2 N–H and O–H groups in total. The van der Waals surface area contributed by atoms with E-state index in [0.717, 1.165) is 12.0 Å². The lowest BCUT2D eigenvalue weighted by molar-refractivity contribution is -0.138. The normalized spacial score (nSPS) is 15.2. The molecule has 1 aliphatic rings. The van der Waals surface area contributed by atoms with Crippen molar-refractivity contribution >= 4 is 29.0 Å². The van der Waals surface area contributed by atoms with Gasteiger partial charge in [0.1, 0.15) is 11.4 Å². The molecule has 35 heavy (non-hydrogen) atoms. The van der Waals surface area contributed by atoms with Crippen LogP contribution >= 0.6 is 11.6 Å². The first-order valence-electron chi connectivity index (χ1n) is 10.8. The van der Waals surface area contributed by atoms with Gasteiger partial charge in [0, 0.05) is 39.5 Å². The molecule has 0 aromatic carbocycles. The summed E-state index contributed by atoms with van der Waals surface area (Å²) in [6, 6.07) is 2.90. The van der Waals surface area contributed by atoms with Crippen LogP contribution in [0, 0.1) is 0 Å². The maximum absolute atomic E-state index is 13.3. The summed E-state index contributed by atoms with van der Waals surface area (Å²) in [6.07, 6.45) is -2.28. The van der Waals surface area contributed by atoms with Gasteiger partial charge < -0.3 is 24.6 Å². The Morgan fingerprint density at radius 3 is 2.60 bits per heavy atom. The Morgan fingerprint density at radius 1 is 1.23 bits per heavy atom. The van der Waals surface area contributed by atoms with E-state index in [0.29, 0.717) is 31.2 Å². The van der Waals surface area contributed by atoms with Gasteiger partial charge in [0.15, 0.2) is 0 Å². The van der Waals surface area contributed by atoms with Crippen LogP contribution in [-0.4, -0.2) is 85.1 Å². The van der Waals surface area contributed by atoms with Crippen LogP contribution in [-0.2, 0) is 20.4 Å². The van der Waals surface area contributed by atoms with Crippen LogP contribution in [0.1, 0.15) is 12.0 Å². The first-order valence-corrected chi connectivity index (χ1v) is 11.2. The van der Waals surface area contributed by atoms with Crippen molar-refractivity contribution in [1.82, 2.24) is 20.1 Å². The first kappa shape index (κ1) is 26.7. The van der Waals surface area contributed by atoms with Crippen molar-refractivity contribution in [3.63, 3.8) is 0 Å². The summed E-state index contributed by atoms with van der Waals surface area (Å²) < 4.78 is 50.3. The quantitative estimate of drug-likeness (QED) is 0.459. The molecular weight excluding hydrogens is 493 g/mol. The second kappa shape index (κ2) is 12.2. The molecular formula is C21H26ClF3N6O4. The predicted octanol–water partition coefficient (Wildman–Crippen LogP) is 2.02. The first-order chi connectivity index (χ1) is 16.7. The number of hydrogen-bond acceptors (Lipinski definition) is 8. The molecule has 1 atom stereocenters. The summed E-state index contributed by atoms with van der Waals surface area (Å²) >= 11 is 5.87. The molecule has 192 valence electrons. The van der Waals surface area contributed by atoms with Crippen molar-refractivity contribution in [1.29, 1.82) is 0 Å². The van der Waals surface area contributed by atoms with Crippen molar-refractivity contribution in [2.75, 3.05) is 63.3 Å². The molecule has 0 bridgehead atoms. The maximum atomic E-state index is 13.3. The highest BCUT2D eigenvalue weighted by Gasteiger charge is 2.37. The number of carbonyl (C=O) groups excluding carboxylic acids is 1. The minimum absolute atomic E-state index is 0.0126. The highest BCUT2D eigenvalue weighted by molar-refractivity contribution is 6.30. The second-order valence-electron chi connectivity index (χ2n) is 7.81. The van der Waals surface area contributed by atoms with E-state index < -0.39 is 29.0 Å². The van der Waals surface area contributed by atoms with Crippen LogP contribution in [0.15, 0.2) is 29.3 Å². The number of nitrogens with zero attached hydrogens (tertiary/aromatic N) is 4. The van der Waals surface area contributed by atoms with E-state index in [1.807, 2.05) is 6.07 Å². The molecule has 1 aliphatic heterocycles. The van der Waals surface area contributed by atoms with Gasteiger partial charge >= 0.3 is 6.18 Å². The number of rotatable bonds is 10. The Labute approximate surface area is 204 Å². The number of H-pyrrole nitrogens is 1. The molecule has 0 unspecified atom stereocenters. The van der Waals surface area contributed by atoms with E-state index in [-0.39, 0.29) is 32.1 Å². The number of anilines is 2. The molecule has 1 fully saturated rings. The van der Waals surface area contributed by atoms with Crippen LogP contribution in [0.3, 0.4) is 0 Å². The average molecular weight is 519 g/mol. The third kappa shape index (κ3) is 7.54. The van der Waals surface area contributed by atoms with Crippen LogP contribution < -0.4 is 15.8 Å². The maximum Gasteiger partial charge on any atom is 0.423 e. The fraction of sp³-hybridized carbons (Fsp3) is 0.524. The summed E-state index contributed by atoms with van der Waals surface area (Å²) in [7, 11) is 1.39. The van der Waals surface area contributed by atoms with Gasteiger partial charge in [-0.1, -0.05) is 11.6 Å². The third-order valence-corrected chi connectivity index (χ3v) is 5.54. The number of carbonyl (C=O) groups is 1. The molecule has 0 saturated carbocycles. The van der Waals surface area contributed by atoms with Crippen LogP contribution in [0.25, 0.3) is 0 Å². The Hall–Kier alpha value is -2.90. The van der Waals surface area contributed by atoms with Gasteiger partial charge in [-0.25, -0.2) is 10.1 Å².